The molecule has 0 spiro atoms. The Morgan fingerprint density at radius 3 is 2.46 bits per heavy atom. The van der Waals surface area contributed by atoms with E-state index in [1.807, 2.05) is 19.1 Å². The summed E-state index contributed by atoms with van der Waals surface area (Å²) in [6.45, 7) is 4.02. The minimum Gasteiger partial charge on any atom is -0.267 e. The lowest BCUT2D eigenvalue weighted by Crippen LogP contribution is -2.27. The van der Waals surface area contributed by atoms with Crippen molar-refractivity contribution in [3.05, 3.63) is 75.7 Å². The van der Waals surface area contributed by atoms with E-state index in [0.29, 0.717) is 16.5 Å². The maximum atomic E-state index is 12.6. The minimum atomic E-state index is -0.453. The number of nitrogens with one attached hydrogen (secondary N) is 1. The highest BCUT2D eigenvalue weighted by atomic mass is 16.2. The van der Waals surface area contributed by atoms with Crippen LogP contribution < -0.4 is 11.0 Å². The molecule has 0 aliphatic carbocycles. The van der Waals surface area contributed by atoms with Gasteiger partial charge in [-0.05, 0) is 37.0 Å². The average molecular weight is 376 g/mol. The van der Waals surface area contributed by atoms with E-state index in [-0.39, 0.29) is 11.3 Å². The Bertz CT molecular complexity index is 1080. The van der Waals surface area contributed by atoms with Crippen molar-refractivity contribution in [1.29, 1.82) is 0 Å². The first-order chi connectivity index (χ1) is 13.5. The maximum absolute atomic E-state index is 12.6. The number of unbranched alkanes of at least 4 members (excludes halogenated alkanes) is 1. The van der Waals surface area contributed by atoms with Crippen LogP contribution in [-0.2, 0) is 13.5 Å². The van der Waals surface area contributed by atoms with E-state index in [1.165, 1.54) is 30.1 Å². The number of benzene rings is 2. The highest BCUT2D eigenvalue weighted by Gasteiger charge is 2.15. The number of aryl methyl sites for hydroxylation is 2. The number of hydrogen-bond acceptors (Lipinski definition) is 4. The Labute approximate surface area is 163 Å². The number of carbonyl (C=O) groups is 1. The van der Waals surface area contributed by atoms with Gasteiger partial charge in [0.2, 0.25) is 0 Å². The van der Waals surface area contributed by atoms with Gasteiger partial charge < -0.3 is 0 Å². The molecule has 0 unspecified atom stereocenters. The van der Waals surface area contributed by atoms with Crippen molar-refractivity contribution in [3.63, 3.8) is 0 Å². The molecule has 1 aromatic heterocycles. The number of aromatic nitrogens is 2. The molecule has 3 rings (SSSR count). The number of hydrogen-bond donors (Lipinski definition) is 1. The van der Waals surface area contributed by atoms with Gasteiger partial charge in [-0.1, -0.05) is 55.8 Å². The van der Waals surface area contributed by atoms with Crippen molar-refractivity contribution in [2.75, 3.05) is 0 Å². The number of rotatable bonds is 6. The molecule has 0 fully saturated rings. The standard InChI is InChI=1S/C22H24N4O2/c1-4-5-8-16-11-13-17(14-12-16)15(2)23-24-21(27)20-18-9-6-7-10-19(18)22(28)26(3)25-20/h6-7,9-14H,4-5,8H2,1-3H3,(H,24,27)/b23-15-. The van der Waals surface area contributed by atoms with Crippen LogP contribution in [0.1, 0.15) is 48.3 Å². The molecule has 3 aromatic rings. The lowest BCUT2D eigenvalue weighted by Gasteiger charge is -2.08. The van der Waals surface area contributed by atoms with Gasteiger partial charge in [0.1, 0.15) is 0 Å². The fourth-order valence-corrected chi connectivity index (χ4v) is 3.01. The number of amides is 1. The van der Waals surface area contributed by atoms with Crippen LogP contribution in [0.15, 0.2) is 58.4 Å². The highest BCUT2D eigenvalue weighted by Crippen LogP contribution is 2.13. The van der Waals surface area contributed by atoms with Crippen LogP contribution in [0.3, 0.4) is 0 Å². The summed E-state index contributed by atoms with van der Waals surface area (Å²) in [5.41, 5.74) is 5.42. The van der Waals surface area contributed by atoms with Gasteiger partial charge in [-0.25, -0.2) is 10.1 Å². The molecule has 0 bridgehead atoms. The molecule has 144 valence electrons. The van der Waals surface area contributed by atoms with Gasteiger partial charge >= 0.3 is 0 Å². The lowest BCUT2D eigenvalue weighted by atomic mass is 10.0. The van der Waals surface area contributed by atoms with Crippen LogP contribution in [0.5, 0.6) is 0 Å². The summed E-state index contributed by atoms with van der Waals surface area (Å²) < 4.78 is 1.17. The summed E-state index contributed by atoms with van der Waals surface area (Å²) in [7, 11) is 1.53. The van der Waals surface area contributed by atoms with Crippen molar-refractivity contribution in [2.24, 2.45) is 12.1 Å². The summed E-state index contributed by atoms with van der Waals surface area (Å²) in [5.74, 6) is -0.453. The predicted octanol–water partition coefficient (Wildman–Crippen LogP) is 3.43. The van der Waals surface area contributed by atoms with Gasteiger partial charge in [0, 0.05) is 12.4 Å². The topological polar surface area (TPSA) is 76.3 Å². The van der Waals surface area contributed by atoms with Crippen LogP contribution in [-0.4, -0.2) is 21.4 Å². The van der Waals surface area contributed by atoms with Crippen molar-refractivity contribution in [1.82, 2.24) is 15.2 Å². The molecule has 1 amide bonds. The lowest BCUT2D eigenvalue weighted by molar-refractivity contribution is 0.0949. The summed E-state index contributed by atoms with van der Waals surface area (Å²) in [5, 5.41) is 9.29. The zero-order valence-electron chi connectivity index (χ0n) is 16.4. The molecule has 28 heavy (non-hydrogen) atoms. The smallest absolute Gasteiger partial charge is 0.267 e. The first-order valence-corrected chi connectivity index (χ1v) is 9.41. The Kier molecular flexibility index (Phi) is 5.99. The Morgan fingerprint density at radius 1 is 1.11 bits per heavy atom. The van der Waals surface area contributed by atoms with E-state index in [1.54, 1.807) is 24.3 Å². The molecular weight excluding hydrogens is 352 g/mol. The van der Waals surface area contributed by atoms with E-state index in [0.717, 1.165) is 12.0 Å². The normalized spacial score (nSPS) is 11.6. The second kappa shape index (κ2) is 8.61. The van der Waals surface area contributed by atoms with Gasteiger partial charge in [-0.2, -0.15) is 10.2 Å². The molecule has 0 aliphatic rings. The van der Waals surface area contributed by atoms with Crippen LogP contribution >= 0.6 is 0 Å². The number of hydrazone groups is 1. The second-order valence-electron chi connectivity index (χ2n) is 6.76. The molecule has 0 saturated heterocycles. The molecule has 0 radical (unpaired) electrons. The van der Waals surface area contributed by atoms with Gasteiger partial charge in [0.25, 0.3) is 11.5 Å². The van der Waals surface area contributed by atoms with Gasteiger partial charge in [-0.15, -0.1) is 0 Å². The third-order valence-electron chi connectivity index (χ3n) is 4.69. The molecule has 1 heterocycles. The van der Waals surface area contributed by atoms with Crippen molar-refractivity contribution in [2.45, 2.75) is 33.1 Å². The molecule has 0 aliphatic heterocycles. The average Bonchev–Trinajstić information content (AvgIpc) is 2.73. The fraction of sp³-hybridized carbons (Fsp3) is 0.273. The number of nitrogens with zero attached hydrogens (tertiary/aromatic N) is 3. The van der Waals surface area contributed by atoms with E-state index in [4.69, 9.17) is 0 Å². The monoisotopic (exact) mass is 376 g/mol. The fourth-order valence-electron chi connectivity index (χ4n) is 3.01. The second-order valence-corrected chi connectivity index (χ2v) is 6.76. The maximum Gasteiger partial charge on any atom is 0.292 e. The highest BCUT2D eigenvalue weighted by molar-refractivity contribution is 6.06. The first-order valence-electron chi connectivity index (χ1n) is 9.41. The van der Waals surface area contributed by atoms with Crippen molar-refractivity contribution < 1.29 is 4.79 Å². The van der Waals surface area contributed by atoms with Crippen LogP contribution in [0, 0.1) is 0 Å². The summed E-state index contributed by atoms with van der Waals surface area (Å²) >= 11 is 0. The summed E-state index contributed by atoms with van der Waals surface area (Å²) in [4.78, 5) is 24.8. The summed E-state index contributed by atoms with van der Waals surface area (Å²) in [6.07, 6.45) is 3.40. The van der Waals surface area contributed by atoms with Crippen molar-refractivity contribution >= 4 is 22.4 Å². The van der Waals surface area contributed by atoms with Crippen molar-refractivity contribution in [3.8, 4) is 0 Å². The quantitative estimate of drug-likeness (QED) is 0.529. The van der Waals surface area contributed by atoms with E-state index in [9.17, 15) is 9.59 Å². The molecule has 0 atom stereocenters. The Morgan fingerprint density at radius 2 is 1.79 bits per heavy atom. The van der Waals surface area contributed by atoms with Gasteiger partial charge in [0.15, 0.2) is 5.69 Å². The Balaban J connectivity index is 1.81. The third-order valence-corrected chi connectivity index (χ3v) is 4.69. The largest absolute Gasteiger partial charge is 0.292 e. The minimum absolute atomic E-state index is 0.171. The molecule has 6 nitrogen and oxygen atoms in total. The molecule has 6 heteroatoms. The van der Waals surface area contributed by atoms with Crippen LogP contribution in [0.25, 0.3) is 10.8 Å². The van der Waals surface area contributed by atoms with Crippen LogP contribution in [0.4, 0.5) is 0 Å². The molecule has 2 aromatic carbocycles. The van der Waals surface area contributed by atoms with E-state index >= 15 is 0 Å². The molecule has 0 saturated carbocycles. The zero-order chi connectivity index (χ0) is 20.1. The van der Waals surface area contributed by atoms with Crippen LogP contribution in [0.2, 0.25) is 0 Å². The predicted molar refractivity (Wildman–Crippen MR) is 112 cm³/mol. The molecular formula is C22H24N4O2. The van der Waals surface area contributed by atoms with E-state index < -0.39 is 5.91 Å². The zero-order valence-corrected chi connectivity index (χ0v) is 16.4. The number of carbonyl (C=O) groups excluding carboxylic acids is 1. The Hall–Kier alpha value is -3.28. The first kappa shape index (κ1) is 19.5. The molecule has 1 N–H and O–H groups in total. The van der Waals surface area contributed by atoms with E-state index in [2.05, 4.69) is 34.7 Å². The third kappa shape index (κ3) is 4.17. The number of fused-ring (bicyclic) bond motifs is 1. The SMILES string of the molecule is CCCCc1ccc(/C(C)=N\NC(=O)c2nn(C)c(=O)c3ccccc23)cc1. The van der Waals surface area contributed by atoms with Gasteiger partial charge in [0.05, 0.1) is 11.1 Å². The summed E-state index contributed by atoms with van der Waals surface area (Å²) in [6, 6.07) is 15.1. The van der Waals surface area contributed by atoms with Gasteiger partial charge in [-0.3, -0.25) is 9.59 Å².